The molecule has 12 heteroatoms. The summed E-state index contributed by atoms with van der Waals surface area (Å²) >= 11 is 0. The molecule has 0 unspecified atom stereocenters. The molecule has 0 radical (unpaired) electrons. The molecule has 3 aromatic rings. The van der Waals surface area contributed by atoms with Crippen LogP contribution in [0.1, 0.15) is 45.7 Å². The maximum absolute atomic E-state index is 14.0. The van der Waals surface area contributed by atoms with Gasteiger partial charge in [-0.25, -0.2) is 8.42 Å². The molecule has 0 fully saturated rings. The van der Waals surface area contributed by atoms with E-state index in [0.29, 0.717) is 18.0 Å². The monoisotopic (exact) mass is 694 g/mol. The zero-order chi connectivity index (χ0) is 35.8. The van der Waals surface area contributed by atoms with E-state index in [2.05, 4.69) is 10.6 Å². The van der Waals surface area contributed by atoms with Gasteiger partial charge in [-0.05, 0) is 48.1 Å². The lowest BCUT2D eigenvalue weighted by Crippen LogP contribution is -2.59. The number of aliphatic hydroxyl groups excluding tert-OH is 1. The van der Waals surface area contributed by atoms with Gasteiger partial charge in [-0.3, -0.25) is 14.5 Å². The van der Waals surface area contributed by atoms with E-state index in [1.807, 2.05) is 107 Å². The van der Waals surface area contributed by atoms with Crippen LogP contribution in [0.5, 0.6) is 11.5 Å². The van der Waals surface area contributed by atoms with Crippen molar-refractivity contribution in [1.82, 2.24) is 19.8 Å². The quantitative estimate of drug-likeness (QED) is 0.206. The third-order valence-corrected chi connectivity index (χ3v) is 10.0. The third kappa shape index (κ3) is 10.8. The molecule has 0 saturated heterocycles. The Balaban J connectivity index is 1.54. The number of hydrogen-bond donors (Lipinski definition) is 3. The topological polar surface area (TPSA) is 138 Å². The summed E-state index contributed by atoms with van der Waals surface area (Å²) in [5, 5.41) is 17.6. The highest BCUT2D eigenvalue weighted by Crippen LogP contribution is 2.35. The van der Waals surface area contributed by atoms with E-state index in [1.54, 1.807) is 6.07 Å². The second kappa shape index (κ2) is 16.6. The highest BCUT2D eigenvalue weighted by molar-refractivity contribution is 7.89. The molecule has 1 heterocycles. The molecule has 11 nitrogen and oxygen atoms in total. The molecule has 4 rings (SSSR count). The first-order valence-corrected chi connectivity index (χ1v) is 18.0. The van der Waals surface area contributed by atoms with Crippen LogP contribution in [-0.4, -0.2) is 86.2 Å². The van der Waals surface area contributed by atoms with E-state index in [-0.39, 0.29) is 49.6 Å². The Bertz CT molecular complexity index is 1650. The van der Waals surface area contributed by atoms with Crippen molar-refractivity contribution < 1.29 is 32.6 Å². The van der Waals surface area contributed by atoms with E-state index in [9.17, 15) is 23.1 Å². The number of benzene rings is 3. The Morgan fingerprint density at radius 2 is 1.49 bits per heavy atom. The summed E-state index contributed by atoms with van der Waals surface area (Å²) in [7, 11) is -2.24. The van der Waals surface area contributed by atoms with Gasteiger partial charge in [-0.15, -0.1) is 0 Å². The van der Waals surface area contributed by atoms with E-state index < -0.39 is 39.5 Å². The summed E-state index contributed by atoms with van der Waals surface area (Å²) < 4.78 is 39.9. The van der Waals surface area contributed by atoms with Gasteiger partial charge in [0.05, 0.1) is 23.6 Å². The minimum absolute atomic E-state index is 0.00846. The zero-order valence-corrected chi connectivity index (χ0v) is 30.1. The normalized spacial score (nSPS) is 14.9. The number of carbonyl (C=O) groups is 2. The van der Waals surface area contributed by atoms with Gasteiger partial charge in [0.15, 0.2) is 11.5 Å². The zero-order valence-electron chi connectivity index (χ0n) is 29.3. The first-order valence-electron chi connectivity index (χ1n) is 16.6. The fourth-order valence-electron chi connectivity index (χ4n) is 5.70. The molecular formula is C37H50N4O7S. The Morgan fingerprint density at radius 1 is 0.878 bits per heavy atom. The molecular weight excluding hydrogens is 644 g/mol. The number of hydrogen-bond acceptors (Lipinski definition) is 8. The summed E-state index contributed by atoms with van der Waals surface area (Å²) in [5.74, 6) is -0.0453. The molecule has 2 amide bonds. The van der Waals surface area contributed by atoms with Crippen molar-refractivity contribution in [2.45, 2.75) is 70.7 Å². The molecule has 0 aliphatic carbocycles. The number of carbonyl (C=O) groups excluding carboxylic acids is 2. The number of sulfonamides is 1. The third-order valence-electron chi connectivity index (χ3n) is 8.17. The van der Waals surface area contributed by atoms with Crippen LogP contribution in [0.2, 0.25) is 0 Å². The van der Waals surface area contributed by atoms with Crippen molar-refractivity contribution >= 4 is 21.8 Å². The maximum atomic E-state index is 14.0. The number of rotatable bonds is 16. The Hall–Kier alpha value is -3.97. The van der Waals surface area contributed by atoms with Crippen molar-refractivity contribution in [1.29, 1.82) is 0 Å². The number of nitrogens with one attached hydrogen (secondary N) is 2. The van der Waals surface area contributed by atoms with Gasteiger partial charge >= 0.3 is 0 Å². The van der Waals surface area contributed by atoms with Crippen LogP contribution < -0.4 is 20.1 Å². The number of fused-ring (bicyclic) bond motifs is 1. The van der Waals surface area contributed by atoms with Gasteiger partial charge in [0, 0.05) is 25.7 Å². The molecule has 0 bridgehead atoms. The van der Waals surface area contributed by atoms with Gasteiger partial charge < -0.3 is 25.2 Å². The van der Waals surface area contributed by atoms with Gasteiger partial charge in [0.1, 0.15) is 6.04 Å². The summed E-state index contributed by atoms with van der Waals surface area (Å²) in [5.41, 5.74) is 1.24. The van der Waals surface area contributed by atoms with Crippen LogP contribution in [0.25, 0.3) is 0 Å². The molecule has 0 aromatic heterocycles. The number of aliphatic hydroxyl groups is 1. The predicted octanol–water partition coefficient (Wildman–Crippen LogP) is 3.81. The lowest BCUT2D eigenvalue weighted by Gasteiger charge is -2.35. The van der Waals surface area contributed by atoms with Crippen LogP contribution in [0.4, 0.5) is 0 Å². The second-order valence-electron chi connectivity index (χ2n) is 14.1. The SMILES string of the molecule is CC(C)CN(C[C@@H](O)[C@H](Cc1ccccc1)NC(=O)[C@@H](NC(=O)CN(C)Cc1ccccc1)C(C)(C)C)S(=O)(=O)c1ccc2c(c1)OCO2. The molecule has 266 valence electrons. The number of ether oxygens (including phenoxy) is 2. The van der Waals surface area contributed by atoms with Crippen LogP contribution in [0, 0.1) is 11.3 Å². The molecule has 0 saturated carbocycles. The van der Waals surface area contributed by atoms with Crippen molar-refractivity contribution in [3.8, 4) is 11.5 Å². The molecule has 0 spiro atoms. The first kappa shape index (κ1) is 37.8. The molecule has 1 aliphatic rings. The van der Waals surface area contributed by atoms with Gasteiger partial charge in [0.2, 0.25) is 28.6 Å². The number of nitrogens with zero attached hydrogens (tertiary/aromatic N) is 2. The van der Waals surface area contributed by atoms with Crippen molar-refractivity contribution in [3.63, 3.8) is 0 Å². The predicted molar refractivity (Wildman–Crippen MR) is 188 cm³/mol. The summed E-state index contributed by atoms with van der Waals surface area (Å²) in [6, 6.07) is 21.8. The fourth-order valence-corrected chi connectivity index (χ4v) is 7.33. The molecule has 3 N–H and O–H groups in total. The van der Waals surface area contributed by atoms with Crippen LogP contribution in [0.3, 0.4) is 0 Å². The van der Waals surface area contributed by atoms with E-state index in [0.717, 1.165) is 11.1 Å². The van der Waals surface area contributed by atoms with Crippen LogP contribution in [0.15, 0.2) is 83.8 Å². The van der Waals surface area contributed by atoms with E-state index in [4.69, 9.17) is 9.47 Å². The summed E-state index contributed by atoms with van der Waals surface area (Å²) in [6.07, 6.45) is -1.06. The maximum Gasteiger partial charge on any atom is 0.243 e. The molecule has 3 atom stereocenters. The van der Waals surface area contributed by atoms with Gasteiger partial charge in [0.25, 0.3) is 0 Å². The highest BCUT2D eigenvalue weighted by Gasteiger charge is 2.37. The highest BCUT2D eigenvalue weighted by atomic mass is 32.2. The van der Waals surface area contributed by atoms with E-state index in [1.165, 1.54) is 16.4 Å². The first-order chi connectivity index (χ1) is 23.1. The van der Waals surface area contributed by atoms with Gasteiger partial charge in [-0.2, -0.15) is 4.31 Å². The summed E-state index contributed by atoms with van der Waals surface area (Å²) in [4.78, 5) is 29.1. The Labute approximate surface area is 290 Å². The van der Waals surface area contributed by atoms with Crippen molar-refractivity contribution in [2.24, 2.45) is 11.3 Å². The average Bonchev–Trinajstić information content (AvgIpc) is 3.51. The largest absolute Gasteiger partial charge is 0.454 e. The minimum Gasteiger partial charge on any atom is -0.454 e. The average molecular weight is 695 g/mol. The Morgan fingerprint density at radius 3 is 2.10 bits per heavy atom. The summed E-state index contributed by atoms with van der Waals surface area (Å²) in [6.45, 7) is 9.87. The smallest absolute Gasteiger partial charge is 0.243 e. The van der Waals surface area contributed by atoms with Gasteiger partial charge in [-0.1, -0.05) is 95.3 Å². The molecule has 3 aromatic carbocycles. The minimum atomic E-state index is -4.07. The molecule has 1 aliphatic heterocycles. The number of likely N-dealkylation sites (N-methyl/N-ethyl adjacent to an activating group) is 1. The lowest BCUT2D eigenvalue weighted by molar-refractivity contribution is -0.133. The fraction of sp³-hybridized carbons (Fsp3) is 0.459. The second-order valence-corrected chi connectivity index (χ2v) is 16.1. The van der Waals surface area contributed by atoms with Crippen molar-refractivity contribution in [2.75, 3.05) is 33.5 Å². The van der Waals surface area contributed by atoms with E-state index >= 15 is 0 Å². The Kier molecular flexibility index (Phi) is 12.8. The van der Waals surface area contributed by atoms with Crippen LogP contribution >= 0.6 is 0 Å². The lowest BCUT2D eigenvalue weighted by atomic mass is 9.85. The molecule has 49 heavy (non-hydrogen) atoms. The number of amides is 2. The van der Waals surface area contributed by atoms with Crippen molar-refractivity contribution in [3.05, 3.63) is 90.0 Å². The van der Waals surface area contributed by atoms with Crippen LogP contribution in [-0.2, 0) is 32.6 Å². The standard InChI is InChI=1S/C37H50N4O7S/c1-26(2)21-41(49(45,46)29-17-18-32-33(20-29)48-25-47-32)23-31(42)30(19-27-13-9-7-10-14-27)38-36(44)35(37(3,4)5)39-34(43)24-40(6)22-28-15-11-8-12-16-28/h7-18,20,26,30-31,35,42H,19,21-25H2,1-6H3,(H,38,44)(H,39,43)/t30-,31+,35+/m0/s1.